The maximum atomic E-state index is 13.4. The van der Waals surface area contributed by atoms with Crippen LogP contribution in [0.1, 0.15) is 30.9 Å². The summed E-state index contributed by atoms with van der Waals surface area (Å²) in [6, 6.07) is 15.2. The van der Waals surface area contributed by atoms with Gasteiger partial charge >= 0.3 is 5.97 Å². The van der Waals surface area contributed by atoms with Crippen LogP contribution in [-0.4, -0.2) is 44.1 Å². The zero-order chi connectivity index (χ0) is 20.4. The molecule has 0 saturated carbocycles. The number of amides is 1. The molecule has 150 valence electrons. The van der Waals surface area contributed by atoms with Gasteiger partial charge in [0, 0.05) is 29.9 Å². The van der Waals surface area contributed by atoms with Gasteiger partial charge in [-0.25, -0.2) is 4.79 Å². The summed E-state index contributed by atoms with van der Waals surface area (Å²) in [4.78, 5) is 27.0. The Morgan fingerprint density at radius 2 is 1.79 bits per heavy atom. The number of hydrogen-bond acceptors (Lipinski definition) is 3. The van der Waals surface area contributed by atoms with E-state index in [0.717, 1.165) is 23.8 Å². The molecule has 4 rings (SSSR count). The molecule has 1 aromatic heterocycles. The van der Waals surface area contributed by atoms with Crippen molar-refractivity contribution in [2.45, 2.75) is 37.8 Å². The highest BCUT2D eigenvalue weighted by molar-refractivity contribution is 5.91. The third-order valence-electron chi connectivity index (χ3n) is 5.69. The number of fused-ring (bicyclic) bond motifs is 1. The van der Waals surface area contributed by atoms with Gasteiger partial charge in [-0.05, 0) is 30.9 Å². The van der Waals surface area contributed by atoms with Crippen molar-refractivity contribution in [1.82, 2.24) is 9.47 Å². The highest BCUT2D eigenvalue weighted by Gasteiger charge is 2.36. The average Bonchev–Trinajstić information content (AvgIpc) is 2.94. The number of rotatable bonds is 5. The SMILES string of the molecule is O=C(O)[C@@H](Cc1ccccc1)N1CCCC[C@H](n2cc3ccccc3c2O)C1=O. The maximum absolute atomic E-state index is 13.4. The maximum Gasteiger partial charge on any atom is 0.326 e. The van der Waals surface area contributed by atoms with Crippen LogP contribution in [0.2, 0.25) is 0 Å². The summed E-state index contributed by atoms with van der Waals surface area (Å²) >= 11 is 0. The van der Waals surface area contributed by atoms with Crippen molar-refractivity contribution in [2.75, 3.05) is 6.54 Å². The normalized spacial score (nSPS) is 18.6. The van der Waals surface area contributed by atoms with Gasteiger partial charge in [0.15, 0.2) is 5.88 Å². The Balaban J connectivity index is 1.67. The summed E-state index contributed by atoms with van der Waals surface area (Å²) in [5.74, 6) is -1.21. The van der Waals surface area contributed by atoms with Gasteiger partial charge in [0.1, 0.15) is 12.1 Å². The van der Waals surface area contributed by atoms with Gasteiger partial charge < -0.3 is 19.7 Å². The fraction of sp³-hybridized carbons (Fsp3) is 0.304. The molecule has 0 bridgehead atoms. The lowest BCUT2D eigenvalue weighted by molar-refractivity contribution is -0.151. The molecule has 0 aliphatic carbocycles. The van der Waals surface area contributed by atoms with Crippen LogP contribution in [-0.2, 0) is 16.0 Å². The van der Waals surface area contributed by atoms with Gasteiger partial charge in [-0.2, -0.15) is 0 Å². The molecule has 0 radical (unpaired) electrons. The van der Waals surface area contributed by atoms with E-state index in [1.54, 1.807) is 10.8 Å². The Labute approximate surface area is 169 Å². The van der Waals surface area contributed by atoms with Gasteiger partial charge in [0.05, 0.1) is 0 Å². The van der Waals surface area contributed by atoms with Crippen molar-refractivity contribution >= 4 is 22.6 Å². The first-order chi connectivity index (χ1) is 14.1. The summed E-state index contributed by atoms with van der Waals surface area (Å²) in [6.07, 6.45) is 4.14. The third-order valence-corrected chi connectivity index (χ3v) is 5.69. The van der Waals surface area contributed by atoms with Crippen LogP contribution < -0.4 is 0 Å². The molecule has 2 atom stereocenters. The van der Waals surface area contributed by atoms with E-state index in [1.807, 2.05) is 54.6 Å². The standard InChI is InChI=1S/C23H24N2O4/c26-21-18-11-5-4-10-17(18)15-25(21)19-12-6-7-13-24(22(19)27)20(23(28)29)14-16-8-2-1-3-9-16/h1-5,8-11,15,19-20,26H,6-7,12-14H2,(H,28,29)/t19-,20+/m0/s1. The quantitative estimate of drug-likeness (QED) is 0.695. The fourth-order valence-electron chi connectivity index (χ4n) is 4.18. The second kappa shape index (κ2) is 7.99. The number of aliphatic carboxylic acids is 1. The summed E-state index contributed by atoms with van der Waals surface area (Å²) in [6.45, 7) is 0.403. The lowest BCUT2D eigenvalue weighted by Gasteiger charge is -2.30. The number of likely N-dealkylation sites (tertiary alicyclic amines) is 1. The van der Waals surface area contributed by atoms with E-state index in [9.17, 15) is 19.8 Å². The molecule has 2 N–H and O–H groups in total. The van der Waals surface area contributed by atoms with Crippen LogP contribution >= 0.6 is 0 Å². The number of carbonyl (C=O) groups excluding carboxylic acids is 1. The van der Waals surface area contributed by atoms with Crippen LogP contribution in [0.4, 0.5) is 0 Å². The lowest BCUT2D eigenvalue weighted by Crippen LogP contribution is -2.48. The minimum atomic E-state index is -1.01. The average molecular weight is 392 g/mol. The molecular formula is C23H24N2O4. The molecule has 0 spiro atoms. The summed E-state index contributed by atoms with van der Waals surface area (Å²) in [7, 11) is 0. The molecule has 29 heavy (non-hydrogen) atoms. The Morgan fingerprint density at radius 1 is 1.07 bits per heavy atom. The van der Waals surface area contributed by atoms with Crippen molar-refractivity contribution in [1.29, 1.82) is 0 Å². The van der Waals surface area contributed by atoms with Gasteiger partial charge in [0.25, 0.3) is 0 Å². The Bertz CT molecular complexity index is 1030. The van der Waals surface area contributed by atoms with E-state index in [4.69, 9.17) is 0 Å². The van der Waals surface area contributed by atoms with Crippen LogP contribution in [0.5, 0.6) is 5.88 Å². The molecule has 6 nitrogen and oxygen atoms in total. The van der Waals surface area contributed by atoms with Crippen LogP contribution in [0.25, 0.3) is 10.8 Å². The zero-order valence-corrected chi connectivity index (χ0v) is 16.1. The molecule has 1 aliphatic rings. The predicted octanol–water partition coefficient (Wildman–Crippen LogP) is 3.60. The second-order valence-electron chi connectivity index (χ2n) is 7.53. The van der Waals surface area contributed by atoms with E-state index in [0.29, 0.717) is 18.4 Å². The van der Waals surface area contributed by atoms with E-state index < -0.39 is 18.1 Å². The van der Waals surface area contributed by atoms with Gasteiger partial charge in [-0.1, -0.05) is 48.5 Å². The summed E-state index contributed by atoms with van der Waals surface area (Å²) < 4.78 is 1.60. The number of benzene rings is 2. The molecule has 3 aromatic rings. The smallest absolute Gasteiger partial charge is 0.326 e. The minimum Gasteiger partial charge on any atom is -0.494 e. The van der Waals surface area contributed by atoms with Gasteiger partial charge in [0.2, 0.25) is 5.91 Å². The van der Waals surface area contributed by atoms with E-state index in [2.05, 4.69) is 0 Å². The molecular weight excluding hydrogens is 368 g/mol. The van der Waals surface area contributed by atoms with E-state index >= 15 is 0 Å². The Hall–Kier alpha value is -3.28. The van der Waals surface area contributed by atoms with Crippen LogP contribution in [0, 0.1) is 0 Å². The Morgan fingerprint density at radius 3 is 2.52 bits per heavy atom. The fourth-order valence-corrected chi connectivity index (χ4v) is 4.18. The van der Waals surface area contributed by atoms with Crippen molar-refractivity contribution in [2.24, 2.45) is 0 Å². The first-order valence-corrected chi connectivity index (χ1v) is 9.92. The molecule has 1 fully saturated rings. The molecule has 6 heteroatoms. The number of hydrogen-bond donors (Lipinski definition) is 2. The predicted molar refractivity (Wildman–Crippen MR) is 110 cm³/mol. The van der Waals surface area contributed by atoms with Crippen molar-refractivity contribution in [3.05, 3.63) is 66.4 Å². The molecule has 1 aliphatic heterocycles. The van der Waals surface area contributed by atoms with E-state index in [-0.39, 0.29) is 18.2 Å². The molecule has 2 aromatic carbocycles. The molecule has 1 saturated heterocycles. The minimum absolute atomic E-state index is 0.0516. The topological polar surface area (TPSA) is 82.8 Å². The van der Waals surface area contributed by atoms with Crippen LogP contribution in [0.15, 0.2) is 60.8 Å². The van der Waals surface area contributed by atoms with Crippen molar-refractivity contribution < 1.29 is 19.8 Å². The third kappa shape index (κ3) is 3.70. The van der Waals surface area contributed by atoms with Gasteiger partial charge in [-0.15, -0.1) is 0 Å². The number of nitrogens with zero attached hydrogens (tertiary/aromatic N) is 2. The highest BCUT2D eigenvalue weighted by Crippen LogP contribution is 2.34. The molecule has 0 unspecified atom stereocenters. The van der Waals surface area contributed by atoms with Crippen LogP contribution in [0.3, 0.4) is 0 Å². The summed E-state index contributed by atoms with van der Waals surface area (Å²) in [5, 5.41) is 22.1. The number of carbonyl (C=O) groups is 2. The largest absolute Gasteiger partial charge is 0.494 e. The number of aromatic hydroxyl groups is 1. The number of carboxylic acids is 1. The van der Waals surface area contributed by atoms with E-state index in [1.165, 1.54) is 4.90 Å². The first kappa shape index (κ1) is 19.1. The van der Waals surface area contributed by atoms with Gasteiger partial charge in [-0.3, -0.25) is 4.79 Å². The first-order valence-electron chi connectivity index (χ1n) is 9.92. The van der Waals surface area contributed by atoms with Crippen molar-refractivity contribution in [3.63, 3.8) is 0 Å². The molecule has 1 amide bonds. The van der Waals surface area contributed by atoms with Crippen molar-refractivity contribution in [3.8, 4) is 5.88 Å². The number of carboxylic acid groups (broad SMARTS) is 1. The second-order valence-corrected chi connectivity index (χ2v) is 7.53. The number of aromatic nitrogens is 1. The monoisotopic (exact) mass is 392 g/mol. The lowest BCUT2D eigenvalue weighted by atomic mass is 10.0. The zero-order valence-electron chi connectivity index (χ0n) is 16.1. The molecule has 2 heterocycles. The Kier molecular flexibility index (Phi) is 5.25. The summed E-state index contributed by atoms with van der Waals surface area (Å²) in [5.41, 5.74) is 0.878. The highest BCUT2D eigenvalue weighted by atomic mass is 16.4.